The van der Waals surface area contributed by atoms with E-state index in [1.54, 1.807) is 0 Å². The number of carbonyl (C=O) groups is 1. The average molecular weight is 226 g/mol. The van der Waals surface area contributed by atoms with E-state index in [1.807, 2.05) is 7.05 Å². The van der Waals surface area contributed by atoms with E-state index in [9.17, 15) is 4.79 Å². The molecule has 3 heteroatoms. The van der Waals surface area contributed by atoms with Crippen LogP contribution in [0.25, 0.3) is 0 Å². The van der Waals surface area contributed by atoms with Crippen LogP contribution in [0.1, 0.15) is 52.9 Å². The molecule has 94 valence electrons. The summed E-state index contributed by atoms with van der Waals surface area (Å²) in [6, 6.07) is 0.101. The van der Waals surface area contributed by atoms with Crippen molar-refractivity contribution in [1.29, 1.82) is 0 Å². The Labute approximate surface area is 99.6 Å². The van der Waals surface area contributed by atoms with Crippen molar-refractivity contribution in [3.05, 3.63) is 0 Å². The van der Waals surface area contributed by atoms with E-state index >= 15 is 0 Å². The Morgan fingerprint density at radius 2 is 1.88 bits per heavy atom. The predicted molar refractivity (Wildman–Crippen MR) is 67.4 cm³/mol. The van der Waals surface area contributed by atoms with Crippen LogP contribution in [0.4, 0.5) is 0 Å². The minimum absolute atomic E-state index is 0.0144. The van der Waals surface area contributed by atoms with Gasteiger partial charge in [-0.2, -0.15) is 0 Å². The quantitative estimate of drug-likeness (QED) is 0.779. The Kier molecular flexibility index (Phi) is 4.78. The lowest BCUT2D eigenvalue weighted by molar-refractivity contribution is -0.127. The van der Waals surface area contributed by atoms with Gasteiger partial charge in [0.25, 0.3) is 0 Å². The zero-order valence-electron chi connectivity index (χ0n) is 11.2. The van der Waals surface area contributed by atoms with Crippen LogP contribution in [0.3, 0.4) is 0 Å². The van der Waals surface area contributed by atoms with Crippen molar-refractivity contribution in [1.82, 2.24) is 10.2 Å². The number of likely N-dealkylation sites (tertiary alicyclic amines) is 1. The maximum atomic E-state index is 12.2. The van der Waals surface area contributed by atoms with Gasteiger partial charge >= 0.3 is 0 Å². The fourth-order valence-electron chi connectivity index (χ4n) is 2.60. The lowest BCUT2D eigenvalue weighted by Gasteiger charge is -2.34. The maximum Gasteiger partial charge on any atom is 0.237 e. The summed E-state index contributed by atoms with van der Waals surface area (Å²) in [7, 11) is 2.04. The normalized spacial score (nSPS) is 22.4. The Hall–Kier alpha value is -0.570. The van der Waals surface area contributed by atoms with Crippen molar-refractivity contribution in [3.8, 4) is 0 Å². The molecule has 0 bridgehead atoms. The predicted octanol–water partition coefficient (Wildman–Crippen LogP) is 2.17. The molecule has 0 unspecified atom stereocenters. The van der Waals surface area contributed by atoms with Crippen molar-refractivity contribution in [2.24, 2.45) is 0 Å². The van der Waals surface area contributed by atoms with E-state index in [-0.39, 0.29) is 17.5 Å². The molecule has 1 heterocycles. The van der Waals surface area contributed by atoms with Crippen molar-refractivity contribution in [2.75, 3.05) is 13.6 Å². The molecule has 0 spiro atoms. The van der Waals surface area contributed by atoms with E-state index in [0.29, 0.717) is 0 Å². The van der Waals surface area contributed by atoms with Crippen LogP contribution in [0, 0.1) is 0 Å². The third kappa shape index (κ3) is 2.76. The lowest BCUT2D eigenvalue weighted by Crippen LogP contribution is -2.52. The standard InChI is InChI=1S/C13H26N2O/c1-5-13(6-2,7-3)14-12(16)11-9-8-10-15(11)4/h11H,5-10H2,1-4H3,(H,14,16)/t11-/m0/s1. The first-order chi connectivity index (χ1) is 7.58. The largest absolute Gasteiger partial charge is 0.349 e. The van der Waals surface area contributed by atoms with Gasteiger partial charge in [-0.15, -0.1) is 0 Å². The van der Waals surface area contributed by atoms with Crippen molar-refractivity contribution in [2.45, 2.75) is 64.5 Å². The van der Waals surface area contributed by atoms with E-state index in [1.165, 1.54) is 0 Å². The van der Waals surface area contributed by atoms with Crippen LogP contribution in [0.5, 0.6) is 0 Å². The SMILES string of the molecule is CCC(CC)(CC)NC(=O)[C@@H]1CCCN1C. The van der Waals surface area contributed by atoms with Gasteiger partial charge in [-0.1, -0.05) is 20.8 Å². The number of amides is 1. The average Bonchev–Trinajstić information content (AvgIpc) is 2.72. The summed E-state index contributed by atoms with van der Waals surface area (Å²) in [6.07, 6.45) is 5.20. The van der Waals surface area contributed by atoms with Gasteiger partial charge in [0.05, 0.1) is 6.04 Å². The molecule has 1 fully saturated rings. The molecule has 0 aromatic rings. The Balaban J connectivity index is 2.61. The minimum Gasteiger partial charge on any atom is -0.349 e. The van der Waals surface area contributed by atoms with Gasteiger partial charge in [0.15, 0.2) is 0 Å². The van der Waals surface area contributed by atoms with Gasteiger partial charge < -0.3 is 5.32 Å². The maximum absolute atomic E-state index is 12.2. The number of nitrogens with zero attached hydrogens (tertiary/aromatic N) is 1. The minimum atomic E-state index is 0.0144. The molecular formula is C13H26N2O. The zero-order chi connectivity index (χ0) is 12.2. The highest BCUT2D eigenvalue weighted by Gasteiger charge is 2.33. The van der Waals surface area contributed by atoms with Gasteiger partial charge in [-0.25, -0.2) is 0 Å². The smallest absolute Gasteiger partial charge is 0.237 e. The molecule has 1 aliphatic heterocycles. The van der Waals surface area contributed by atoms with E-state index in [4.69, 9.17) is 0 Å². The van der Waals surface area contributed by atoms with Gasteiger partial charge in [-0.05, 0) is 45.7 Å². The first-order valence-corrected chi connectivity index (χ1v) is 6.60. The Morgan fingerprint density at radius 3 is 2.25 bits per heavy atom. The summed E-state index contributed by atoms with van der Waals surface area (Å²) >= 11 is 0. The molecule has 0 radical (unpaired) electrons. The number of hydrogen-bond acceptors (Lipinski definition) is 2. The molecule has 0 saturated carbocycles. The fraction of sp³-hybridized carbons (Fsp3) is 0.923. The Bertz CT molecular complexity index is 228. The topological polar surface area (TPSA) is 32.3 Å². The van der Waals surface area contributed by atoms with Crippen LogP contribution in [-0.2, 0) is 4.79 Å². The van der Waals surface area contributed by atoms with Crippen LogP contribution in [0.15, 0.2) is 0 Å². The molecule has 1 rings (SSSR count). The highest BCUT2D eigenvalue weighted by molar-refractivity contribution is 5.82. The number of rotatable bonds is 5. The van der Waals surface area contributed by atoms with Crippen molar-refractivity contribution in [3.63, 3.8) is 0 Å². The molecule has 0 aliphatic carbocycles. The summed E-state index contributed by atoms with van der Waals surface area (Å²) in [6.45, 7) is 7.53. The summed E-state index contributed by atoms with van der Waals surface area (Å²) in [5.41, 5.74) is 0.0144. The fourth-order valence-corrected chi connectivity index (χ4v) is 2.60. The summed E-state index contributed by atoms with van der Waals surface area (Å²) in [5, 5.41) is 3.27. The Morgan fingerprint density at radius 1 is 1.31 bits per heavy atom. The molecule has 0 aromatic carbocycles. The summed E-state index contributed by atoms with van der Waals surface area (Å²) in [4.78, 5) is 14.4. The highest BCUT2D eigenvalue weighted by atomic mass is 16.2. The van der Waals surface area contributed by atoms with Crippen LogP contribution in [-0.4, -0.2) is 36.0 Å². The van der Waals surface area contributed by atoms with Gasteiger partial charge in [-0.3, -0.25) is 9.69 Å². The van der Waals surface area contributed by atoms with Crippen LogP contribution in [0.2, 0.25) is 0 Å². The lowest BCUT2D eigenvalue weighted by atomic mass is 9.89. The third-order valence-electron chi connectivity index (χ3n) is 4.24. The monoisotopic (exact) mass is 226 g/mol. The van der Waals surface area contributed by atoms with Crippen molar-refractivity contribution < 1.29 is 4.79 Å². The zero-order valence-corrected chi connectivity index (χ0v) is 11.2. The van der Waals surface area contributed by atoms with Gasteiger partial charge in [0.1, 0.15) is 0 Å². The third-order valence-corrected chi connectivity index (χ3v) is 4.24. The summed E-state index contributed by atoms with van der Waals surface area (Å²) < 4.78 is 0. The van der Waals surface area contributed by atoms with Crippen molar-refractivity contribution >= 4 is 5.91 Å². The van der Waals surface area contributed by atoms with Crippen LogP contribution >= 0.6 is 0 Å². The van der Waals surface area contributed by atoms with E-state index in [2.05, 4.69) is 31.0 Å². The second-order valence-electron chi connectivity index (χ2n) is 4.97. The summed E-state index contributed by atoms with van der Waals surface area (Å²) in [5.74, 6) is 0.227. The van der Waals surface area contributed by atoms with E-state index < -0.39 is 0 Å². The number of carbonyl (C=O) groups excluding carboxylic acids is 1. The highest BCUT2D eigenvalue weighted by Crippen LogP contribution is 2.22. The van der Waals surface area contributed by atoms with E-state index in [0.717, 1.165) is 38.6 Å². The number of nitrogens with one attached hydrogen (secondary N) is 1. The molecule has 1 aliphatic rings. The first-order valence-electron chi connectivity index (χ1n) is 6.60. The molecule has 3 nitrogen and oxygen atoms in total. The first kappa shape index (κ1) is 13.5. The molecule has 1 amide bonds. The van der Waals surface area contributed by atoms with Gasteiger partial charge in [0, 0.05) is 5.54 Å². The molecular weight excluding hydrogens is 200 g/mol. The number of hydrogen-bond donors (Lipinski definition) is 1. The molecule has 1 N–H and O–H groups in total. The van der Waals surface area contributed by atoms with Gasteiger partial charge in [0.2, 0.25) is 5.91 Å². The molecule has 0 aromatic heterocycles. The number of likely N-dealkylation sites (N-methyl/N-ethyl adjacent to an activating group) is 1. The van der Waals surface area contributed by atoms with Crippen LogP contribution < -0.4 is 5.32 Å². The second kappa shape index (κ2) is 5.67. The molecule has 1 atom stereocenters. The second-order valence-corrected chi connectivity index (χ2v) is 4.97. The molecule has 1 saturated heterocycles. The molecule has 16 heavy (non-hydrogen) atoms.